The number of nitrogens with one attached hydrogen (secondary N) is 2. The van der Waals surface area contributed by atoms with Crippen LogP contribution in [0.3, 0.4) is 0 Å². The van der Waals surface area contributed by atoms with Gasteiger partial charge in [-0.15, -0.1) is 24.0 Å². The van der Waals surface area contributed by atoms with E-state index < -0.39 is 0 Å². The van der Waals surface area contributed by atoms with Gasteiger partial charge in [-0.05, 0) is 32.8 Å². The fourth-order valence-electron chi connectivity index (χ4n) is 3.03. The monoisotopic (exact) mass is 458 g/mol. The fourth-order valence-corrected chi connectivity index (χ4v) is 3.03. The summed E-state index contributed by atoms with van der Waals surface area (Å²) in [6, 6.07) is 10.8. The van der Waals surface area contributed by atoms with Crippen LogP contribution in [0, 0.1) is 0 Å². The lowest BCUT2D eigenvalue weighted by atomic mass is 9.99. The van der Waals surface area contributed by atoms with Gasteiger partial charge in [0.25, 0.3) is 0 Å². The number of benzene rings is 1. The van der Waals surface area contributed by atoms with Crippen molar-refractivity contribution >= 4 is 35.8 Å². The number of nitrogens with zero attached hydrogens (tertiary/aromatic N) is 2. The normalized spacial score (nSPS) is 17.4. The second-order valence-electron chi connectivity index (χ2n) is 6.55. The molecule has 0 radical (unpaired) electrons. The van der Waals surface area contributed by atoms with Crippen molar-refractivity contribution in [2.75, 3.05) is 26.2 Å². The highest BCUT2D eigenvalue weighted by atomic mass is 127. The number of halogens is 1. The van der Waals surface area contributed by atoms with E-state index >= 15 is 0 Å². The number of carbonyl (C=O) groups is 1. The van der Waals surface area contributed by atoms with Gasteiger partial charge in [0.15, 0.2) is 5.96 Å². The van der Waals surface area contributed by atoms with E-state index in [1.807, 2.05) is 13.8 Å². The number of likely N-dealkylation sites (tertiary alicyclic amines) is 1. The molecule has 1 aliphatic heterocycles. The number of aliphatic imine (C=N–C) groups is 1. The summed E-state index contributed by atoms with van der Waals surface area (Å²) in [5.74, 6) is 1.54. The van der Waals surface area contributed by atoms with Crippen LogP contribution in [0.5, 0.6) is 0 Å². The molecular weight excluding hydrogens is 427 g/mol. The molecule has 0 saturated carbocycles. The van der Waals surface area contributed by atoms with Crippen molar-refractivity contribution in [1.29, 1.82) is 0 Å². The van der Waals surface area contributed by atoms with Gasteiger partial charge in [0, 0.05) is 38.0 Å². The van der Waals surface area contributed by atoms with Crippen molar-refractivity contribution < 1.29 is 4.79 Å². The molecule has 1 aromatic carbocycles. The Bertz CT molecular complexity index is 548. The molecule has 0 aliphatic carbocycles. The Balaban J connectivity index is 0.00000312. The van der Waals surface area contributed by atoms with Gasteiger partial charge in [-0.2, -0.15) is 0 Å². The van der Waals surface area contributed by atoms with Crippen molar-refractivity contribution in [2.24, 2.45) is 4.99 Å². The molecule has 1 aliphatic rings. The lowest BCUT2D eigenvalue weighted by molar-refractivity contribution is -0.121. The first-order chi connectivity index (χ1) is 11.6. The van der Waals surface area contributed by atoms with Crippen LogP contribution < -0.4 is 10.6 Å². The first-order valence-electron chi connectivity index (χ1n) is 8.97. The highest BCUT2D eigenvalue weighted by Crippen LogP contribution is 2.26. The van der Waals surface area contributed by atoms with Crippen molar-refractivity contribution in [1.82, 2.24) is 15.5 Å². The topological polar surface area (TPSA) is 56.7 Å². The van der Waals surface area contributed by atoms with Gasteiger partial charge in [-0.25, -0.2) is 0 Å². The van der Waals surface area contributed by atoms with E-state index in [-0.39, 0.29) is 35.9 Å². The zero-order valence-electron chi connectivity index (χ0n) is 15.5. The van der Waals surface area contributed by atoms with Crippen LogP contribution in [0.25, 0.3) is 0 Å². The minimum Gasteiger partial charge on any atom is -0.357 e. The summed E-state index contributed by atoms with van der Waals surface area (Å²) >= 11 is 0. The fraction of sp³-hybridized carbons (Fsp3) is 0.579. The van der Waals surface area contributed by atoms with Gasteiger partial charge in [0.05, 0.1) is 6.54 Å². The summed E-state index contributed by atoms with van der Waals surface area (Å²) in [7, 11) is 0. The van der Waals surface area contributed by atoms with E-state index in [2.05, 4.69) is 57.8 Å². The van der Waals surface area contributed by atoms with Crippen LogP contribution in [-0.2, 0) is 4.79 Å². The molecule has 0 aromatic heterocycles. The maximum absolute atomic E-state index is 11.7. The molecule has 5 nitrogen and oxygen atoms in total. The van der Waals surface area contributed by atoms with Gasteiger partial charge in [0.2, 0.25) is 5.91 Å². The Morgan fingerprint density at radius 2 is 2.04 bits per heavy atom. The number of hydrogen-bond acceptors (Lipinski definition) is 2. The van der Waals surface area contributed by atoms with Crippen molar-refractivity contribution in [2.45, 2.75) is 45.6 Å². The number of rotatable bonds is 6. The SMILES string of the molecule is CCNC(=NCCC(=O)NC(C)C)N1CCC(c2ccccc2)C1.I. The van der Waals surface area contributed by atoms with Crippen molar-refractivity contribution in [3.63, 3.8) is 0 Å². The number of guanidine groups is 1. The van der Waals surface area contributed by atoms with E-state index in [0.29, 0.717) is 18.9 Å². The van der Waals surface area contributed by atoms with E-state index in [4.69, 9.17) is 0 Å². The van der Waals surface area contributed by atoms with Gasteiger partial charge in [0.1, 0.15) is 0 Å². The van der Waals surface area contributed by atoms with Gasteiger partial charge in [-0.3, -0.25) is 9.79 Å². The number of amides is 1. The summed E-state index contributed by atoms with van der Waals surface area (Å²) in [4.78, 5) is 18.7. The molecule has 1 unspecified atom stereocenters. The average molecular weight is 458 g/mol. The van der Waals surface area contributed by atoms with Crippen LogP contribution in [0.15, 0.2) is 35.3 Å². The lowest BCUT2D eigenvalue weighted by Crippen LogP contribution is -2.40. The zero-order valence-corrected chi connectivity index (χ0v) is 17.8. The zero-order chi connectivity index (χ0) is 17.4. The predicted octanol–water partition coefficient (Wildman–Crippen LogP) is 2.97. The second kappa shape index (κ2) is 11.3. The summed E-state index contributed by atoms with van der Waals surface area (Å²) in [6.07, 6.45) is 1.57. The van der Waals surface area contributed by atoms with E-state index in [1.165, 1.54) is 5.56 Å². The standard InChI is InChI=1S/C19H30N4O.HI/c1-4-20-19(21-12-10-18(24)22-15(2)3)23-13-11-17(14-23)16-8-6-5-7-9-16;/h5-9,15,17H,4,10-14H2,1-3H3,(H,20,21)(H,22,24);1H. The first kappa shape index (κ1) is 21.7. The van der Waals surface area contributed by atoms with Crippen LogP contribution in [0.2, 0.25) is 0 Å². The van der Waals surface area contributed by atoms with E-state index in [9.17, 15) is 4.79 Å². The molecule has 25 heavy (non-hydrogen) atoms. The van der Waals surface area contributed by atoms with Gasteiger partial charge in [-0.1, -0.05) is 30.3 Å². The smallest absolute Gasteiger partial charge is 0.222 e. The van der Waals surface area contributed by atoms with Crippen molar-refractivity contribution in [3.8, 4) is 0 Å². The molecule has 1 saturated heterocycles. The largest absolute Gasteiger partial charge is 0.357 e. The Hall–Kier alpha value is -1.31. The summed E-state index contributed by atoms with van der Waals surface area (Å²) < 4.78 is 0. The Labute approximate surface area is 168 Å². The van der Waals surface area contributed by atoms with Crippen LogP contribution in [0.4, 0.5) is 0 Å². The molecule has 1 heterocycles. The third-order valence-corrected chi connectivity index (χ3v) is 4.14. The number of hydrogen-bond donors (Lipinski definition) is 2. The van der Waals surface area contributed by atoms with Crippen LogP contribution in [-0.4, -0.2) is 49.0 Å². The van der Waals surface area contributed by atoms with E-state index in [1.54, 1.807) is 0 Å². The van der Waals surface area contributed by atoms with Crippen LogP contribution >= 0.6 is 24.0 Å². The molecule has 140 valence electrons. The van der Waals surface area contributed by atoms with Gasteiger partial charge >= 0.3 is 0 Å². The Morgan fingerprint density at radius 3 is 2.68 bits per heavy atom. The molecule has 2 rings (SSSR count). The molecule has 2 N–H and O–H groups in total. The van der Waals surface area contributed by atoms with Crippen molar-refractivity contribution in [3.05, 3.63) is 35.9 Å². The second-order valence-corrected chi connectivity index (χ2v) is 6.55. The highest BCUT2D eigenvalue weighted by molar-refractivity contribution is 14.0. The molecule has 1 fully saturated rings. The third-order valence-electron chi connectivity index (χ3n) is 4.14. The average Bonchev–Trinajstić information content (AvgIpc) is 3.04. The molecule has 0 spiro atoms. The quantitative estimate of drug-likeness (QED) is 0.392. The predicted molar refractivity (Wildman–Crippen MR) is 115 cm³/mol. The Kier molecular flexibility index (Phi) is 9.85. The lowest BCUT2D eigenvalue weighted by Gasteiger charge is -2.21. The highest BCUT2D eigenvalue weighted by Gasteiger charge is 2.25. The maximum atomic E-state index is 11.7. The van der Waals surface area contributed by atoms with Crippen LogP contribution in [0.1, 0.15) is 45.1 Å². The summed E-state index contributed by atoms with van der Waals surface area (Å²) in [6.45, 7) is 9.36. The van der Waals surface area contributed by atoms with Gasteiger partial charge < -0.3 is 15.5 Å². The molecule has 1 atom stereocenters. The minimum atomic E-state index is 0. The number of carbonyl (C=O) groups excluding carboxylic acids is 1. The molecule has 6 heteroatoms. The van der Waals surface area contributed by atoms with E-state index in [0.717, 1.165) is 32.0 Å². The third kappa shape index (κ3) is 7.22. The molecule has 1 amide bonds. The summed E-state index contributed by atoms with van der Waals surface area (Å²) in [5.41, 5.74) is 1.40. The molecule has 1 aromatic rings. The summed E-state index contributed by atoms with van der Waals surface area (Å²) in [5, 5.41) is 6.26. The minimum absolute atomic E-state index is 0. The first-order valence-corrected chi connectivity index (χ1v) is 8.97. The molecular formula is C19H31IN4O. The molecule has 0 bridgehead atoms. The maximum Gasteiger partial charge on any atom is 0.222 e. The Morgan fingerprint density at radius 1 is 1.32 bits per heavy atom.